The molecule has 126 valence electrons. The average Bonchev–Trinajstić information content (AvgIpc) is 2.84. The Kier molecular flexibility index (Phi) is 6.67. The van der Waals surface area contributed by atoms with Crippen molar-refractivity contribution >= 4 is 58.9 Å². The molecule has 1 heterocycles. The van der Waals surface area contributed by atoms with Crippen LogP contribution in [0.25, 0.3) is 0 Å². The molecule has 0 spiro atoms. The Balaban J connectivity index is 2.00. The molecule has 8 heteroatoms. The summed E-state index contributed by atoms with van der Waals surface area (Å²) in [5.41, 5.74) is 2.29. The van der Waals surface area contributed by atoms with Crippen molar-refractivity contribution in [2.24, 2.45) is 0 Å². The summed E-state index contributed by atoms with van der Waals surface area (Å²) in [4.78, 5) is 2.15. The molecule has 4 nitrogen and oxygen atoms in total. The number of anilines is 1. The molecule has 0 saturated carbocycles. The molecule has 0 radical (unpaired) electrons. The number of nitrogens with zero attached hydrogens (tertiary/aromatic N) is 1. The Labute approximate surface area is 158 Å². The number of thiophene rings is 1. The Hall–Kier alpha value is -0.410. The summed E-state index contributed by atoms with van der Waals surface area (Å²) in [5.74, 6) is 0. The van der Waals surface area contributed by atoms with Crippen molar-refractivity contribution in [1.29, 1.82) is 0 Å². The molecule has 0 unspecified atom stereocenters. The molecule has 0 aliphatic carbocycles. The largest absolute Gasteiger partial charge is 0.370 e. The van der Waals surface area contributed by atoms with E-state index in [9.17, 15) is 8.42 Å². The monoisotopic (exact) mass is 480 g/mol. The van der Waals surface area contributed by atoms with Crippen LogP contribution < -0.4 is 9.62 Å². The normalized spacial score (nSPS) is 11.7. The highest BCUT2D eigenvalue weighted by atomic mass is 79.9. The van der Waals surface area contributed by atoms with Gasteiger partial charge in [-0.3, -0.25) is 0 Å². The van der Waals surface area contributed by atoms with Crippen LogP contribution in [0.4, 0.5) is 5.69 Å². The first-order chi connectivity index (χ1) is 10.8. The zero-order chi connectivity index (χ0) is 17.0. The highest BCUT2D eigenvalue weighted by Crippen LogP contribution is 2.34. The summed E-state index contributed by atoms with van der Waals surface area (Å²) in [6, 6.07) is 9.81. The van der Waals surface area contributed by atoms with Crippen molar-refractivity contribution < 1.29 is 8.42 Å². The molecule has 0 aliphatic heterocycles. The summed E-state index contributed by atoms with van der Waals surface area (Å²) in [6.07, 6.45) is 0. The fraction of sp³-hybridized carbons (Fsp3) is 0.333. The lowest BCUT2D eigenvalue weighted by Crippen LogP contribution is -2.34. The fourth-order valence-corrected chi connectivity index (χ4v) is 6.02. The van der Waals surface area contributed by atoms with Crippen LogP contribution in [0, 0.1) is 6.92 Å². The van der Waals surface area contributed by atoms with Crippen molar-refractivity contribution in [1.82, 2.24) is 4.72 Å². The predicted molar refractivity (Wildman–Crippen MR) is 104 cm³/mol. The number of benzene rings is 1. The smallest absolute Gasteiger partial charge is 0.250 e. The van der Waals surface area contributed by atoms with Crippen LogP contribution in [-0.2, 0) is 10.0 Å². The van der Waals surface area contributed by atoms with Gasteiger partial charge in [-0.2, -0.15) is 0 Å². The van der Waals surface area contributed by atoms with Gasteiger partial charge in [0.05, 0.1) is 3.79 Å². The predicted octanol–water partition coefficient (Wildman–Crippen LogP) is 4.39. The molecular formula is C15H18Br2N2O2S2. The maximum Gasteiger partial charge on any atom is 0.250 e. The maximum atomic E-state index is 12.3. The number of halogens is 2. The van der Waals surface area contributed by atoms with Crippen molar-refractivity contribution in [2.45, 2.75) is 18.1 Å². The van der Waals surface area contributed by atoms with Gasteiger partial charge in [0.15, 0.2) is 0 Å². The van der Waals surface area contributed by atoms with Crippen LogP contribution >= 0.6 is 43.2 Å². The Morgan fingerprint density at radius 1 is 1.26 bits per heavy atom. The number of hydrogen-bond acceptors (Lipinski definition) is 4. The molecule has 1 aromatic carbocycles. The van der Waals surface area contributed by atoms with Crippen molar-refractivity contribution in [3.05, 3.63) is 44.2 Å². The third kappa shape index (κ3) is 5.03. The molecule has 0 fully saturated rings. The minimum Gasteiger partial charge on any atom is -0.370 e. The molecule has 2 aromatic rings. The van der Waals surface area contributed by atoms with Crippen LogP contribution in [0.1, 0.15) is 12.5 Å². The van der Waals surface area contributed by atoms with Gasteiger partial charge in [0, 0.05) is 29.8 Å². The van der Waals surface area contributed by atoms with E-state index in [2.05, 4.69) is 54.5 Å². The molecule has 2 rings (SSSR count). The van der Waals surface area contributed by atoms with Crippen molar-refractivity contribution in [3.8, 4) is 0 Å². The number of sulfonamides is 1. The summed E-state index contributed by atoms with van der Waals surface area (Å²) >= 11 is 7.82. The van der Waals surface area contributed by atoms with Gasteiger partial charge >= 0.3 is 0 Å². The van der Waals surface area contributed by atoms with Crippen molar-refractivity contribution in [2.75, 3.05) is 24.5 Å². The molecule has 0 bridgehead atoms. The number of rotatable bonds is 7. The number of nitrogens with one attached hydrogen (secondary N) is 1. The zero-order valence-corrected chi connectivity index (χ0v) is 17.6. The van der Waals surface area contributed by atoms with Gasteiger partial charge in [-0.15, -0.1) is 11.3 Å². The second-order valence-corrected chi connectivity index (χ2v) is 10.2. The van der Waals surface area contributed by atoms with E-state index in [1.807, 2.05) is 25.1 Å². The van der Waals surface area contributed by atoms with Crippen molar-refractivity contribution in [3.63, 3.8) is 0 Å². The summed E-state index contributed by atoms with van der Waals surface area (Å²) in [5, 5.41) is 0. The van der Waals surface area contributed by atoms with E-state index in [0.29, 0.717) is 17.3 Å². The Morgan fingerprint density at radius 3 is 2.57 bits per heavy atom. The van der Waals surface area contributed by atoms with E-state index >= 15 is 0 Å². The van der Waals surface area contributed by atoms with E-state index in [1.165, 1.54) is 16.9 Å². The average molecular weight is 482 g/mol. The van der Waals surface area contributed by atoms with E-state index in [1.54, 1.807) is 6.07 Å². The first kappa shape index (κ1) is 18.9. The molecular weight excluding hydrogens is 464 g/mol. The minimum atomic E-state index is -3.47. The van der Waals surface area contributed by atoms with Gasteiger partial charge in [0.2, 0.25) is 10.0 Å². The van der Waals surface area contributed by atoms with Crippen LogP contribution in [-0.4, -0.2) is 28.1 Å². The topological polar surface area (TPSA) is 49.4 Å². The summed E-state index contributed by atoms with van der Waals surface area (Å²) in [6.45, 7) is 5.91. The fourth-order valence-electron chi connectivity index (χ4n) is 2.14. The van der Waals surface area contributed by atoms with Gasteiger partial charge in [-0.1, -0.05) is 12.1 Å². The standard InChI is InChI=1S/C15H18Br2N2O2S2/c1-3-19(12-6-4-5-11(2)9-12)8-7-18-23(20,21)14-10-13(16)15(17)22-14/h4-6,9-10,18H,3,7-8H2,1-2H3. The summed E-state index contributed by atoms with van der Waals surface area (Å²) < 4.78 is 29.1. The third-order valence-electron chi connectivity index (χ3n) is 3.31. The molecule has 0 atom stereocenters. The van der Waals surface area contributed by atoms with Crippen LogP contribution in [0.5, 0.6) is 0 Å². The second-order valence-electron chi connectivity index (χ2n) is 5.00. The number of hydrogen-bond donors (Lipinski definition) is 1. The van der Waals surface area contributed by atoms with Crippen LogP contribution in [0.3, 0.4) is 0 Å². The number of likely N-dealkylation sites (N-methyl/N-ethyl adjacent to an activating group) is 1. The van der Waals surface area contributed by atoms with E-state index < -0.39 is 10.0 Å². The van der Waals surface area contributed by atoms with Crippen LogP contribution in [0.15, 0.2) is 42.8 Å². The maximum absolute atomic E-state index is 12.3. The zero-order valence-electron chi connectivity index (χ0n) is 12.8. The van der Waals surface area contributed by atoms with Gasteiger partial charge in [0.25, 0.3) is 0 Å². The third-order valence-corrected chi connectivity index (χ3v) is 8.50. The lowest BCUT2D eigenvalue weighted by Gasteiger charge is -2.23. The van der Waals surface area contributed by atoms with Crippen LogP contribution in [0.2, 0.25) is 0 Å². The first-order valence-corrected chi connectivity index (χ1v) is 11.0. The van der Waals surface area contributed by atoms with E-state index in [4.69, 9.17) is 0 Å². The Bertz CT molecular complexity index is 756. The highest BCUT2D eigenvalue weighted by Gasteiger charge is 2.18. The molecule has 0 amide bonds. The van der Waals surface area contributed by atoms with E-state index in [0.717, 1.165) is 20.5 Å². The lowest BCUT2D eigenvalue weighted by atomic mass is 10.2. The number of aryl methyl sites for hydroxylation is 1. The summed E-state index contributed by atoms with van der Waals surface area (Å²) in [7, 11) is -3.47. The lowest BCUT2D eigenvalue weighted by molar-refractivity contribution is 0.583. The second kappa shape index (κ2) is 8.11. The quantitative estimate of drug-likeness (QED) is 0.638. The van der Waals surface area contributed by atoms with Gasteiger partial charge in [-0.05, 0) is 69.5 Å². The minimum absolute atomic E-state index is 0.301. The molecule has 1 aromatic heterocycles. The first-order valence-electron chi connectivity index (χ1n) is 7.09. The molecule has 1 N–H and O–H groups in total. The highest BCUT2D eigenvalue weighted by molar-refractivity contribution is 9.13. The Morgan fingerprint density at radius 2 is 2.00 bits per heavy atom. The van der Waals surface area contributed by atoms with Gasteiger partial charge < -0.3 is 4.90 Å². The van der Waals surface area contributed by atoms with Gasteiger partial charge in [-0.25, -0.2) is 13.1 Å². The molecule has 0 aliphatic rings. The SMILES string of the molecule is CCN(CCNS(=O)(=O)c1cc(Br)c(Br)s1)c1cccc(C)c1. The van der Waals surface area contributed by atoms with Gasteiger partial charge in [0.1, 0.15) is 4.21 Å². The molecule has 23 heavy (non-hydrogen) atoms. The van der Waals surface area contributed by atoms with E-state index in [-0.39, 0.29) is 0 Å². The molecule has 0 saturated heterocycles.